The summed E-state index contributed by atoms with van der Waals surface area (Å²) in [5.74, 6) is 0.422. The molecule has 8 nitrogen and oxygen atoms in total. The zero-order valence-electron chi connectivity index (χ0n) is 11.7. The van der Waals surface area contributed by atoms with Gasteiger partial charge in [-0.15, -0.1) is 0 Å². The quantitative estimate of drug-likeness (QED) is 0.344. The number of nitrogens with one attached hydrogen (secondary N) is 1. The van der Waals surface area contributed by atoms with Crippen molar-refractivity contribution in [1.29, 1.82) is 0 Å². The van der Waals surface area contributed by atoms with Gasteiger partial charge in [0.05, 0.1) is 16.7 Å². The SMILES string of the molecule is O=[N+]([O-])c1ccccc1C=Nn1c(-c2ccccn2)n[nH]c1=S. The lowest BCUT2D eigenvalue weighted by Gasteiger charge is -2.00. The first-order valence-electron chi connectivity index (χ1n) is 6.53. The molecule has 0 bridgehead atoms. The van der Waals surface area contributed by atoms with Crippen LogP contribution in [-0.2, 0) is 0 Å². The Kier molecular flexibility index (Phi) is 4.02. The topological polar surface area (TPSA) is 102 Å². The van der Waals surface area contributed by atoms with E-state index in [4.69, 9.17) is 12.2 Å². The minimum Gasteiger partial charge on any atom is -0.258 e. The van der Waals surface area contributed by atoms with Crippen LogP contribution in [0.2, 0.25) is 0 Å². The molecule has 0 aliphatic heterocycles. The normalized spacial score (nSPS) is 11.0. The number of nitro benzene ring substituents is 1. The molecular formula is C14H10N6O2S. The van der Waals surface area contributed by atoms with Crippen molar-refractivity contribution in [2.75, 3.05) is 0 Å². The second-order valence-corrected chi connectivity index (χ2v) is 4.83. The summed E-state index contributed by atoms with van der Waals surface area (Å²) in [6.07, 6.45) is 3.00. The third-order valence-corrected chi connectivity index (χ3v) is 3.25. The maximum absolute atomic E-state index is 11.0. The standard InChI is InChI=1S/C14H10N6O2S/c21-20(22)12-7-2-1-5-10(12)9-16-19-13(17-18-14(19)23)11-6-3-4-8-15-11/h1-9H,(H,18,23). The van der Waals surface area contributed by atoms with E-state index in [2.05, 4.69) is 20.3 Å². The molecule has 0 radical (unpaired) electrons. The molecule has 0 spiro atoms. The van der Waals surface area contributed by atoms with Crippen LogP contribution in [0, 0.1) is 14.9 Å². The van der Waals surface area contributed by atoms with Gasteiger partial charge in [-0.05, 0) is 30.4 Å². The lowest BCUT2D eigenvalue weighted by atomic mass is 10.2. The Labute approximate surface area is 135 Å². The molecule has 1 aromatic carbocycles. The predicted molar refractivity (Wildman–Crippen MR) is 86.7 cm³/mol. The van der Waals surface area contributed by atoms with Gasteiger partial charge in [0.25, 0.3) is 5.69 Å². The maximum atomic E-state index is 11.0. The van der Waals surface area contributed by atoms with Gasteiger partial charge in [0.15, 0.2) is 0 Å². The average Bonchev–Trinajstić information content (AvgIpc) is 2.94. The van der Waals surface area contributed by atoms with Crippen molar-refractivity contribution in [1.82, 2.24) is 19.9 Å². The van der Waals surface area contributed by atoms with Gasteiger partial charge in [-0.25, -0.2) is 5.10 Å². The molecule has 0 amide bonds. The van der Waals surface area contributed by atoms with Gasteiger partial charge in [0, 0.05) is 12.3 Å². The van der Waals surface area contributed by atoms with Gasteiger partial charge in [0.1, 0.15) is 5.69 Å². The van der Waals surface area contributed by atoms with E-state index in [9.17, 15) is 10.1 Å². The molecule has 9 heteroatoms. The second kappa shape index (κ2) is 6.28. The highest BCUT2D eigenvalue weighted by molar-refractivity contribution is 7.71. The van der Waals surface area contributed by atoms with Crippen molar-refractivity contribution < 1.29 is 4.92 Å². The first-order valence-corrected chi connectivity index (χ1v) is 6.94. The van der Waals surface area contributed by atoms with E-state index in [0.717, 1.165) is 0 Å². The highest BCUT2D eigenvalue weighted by Gasteiger charge is 2.12. The number of para-hydroxylation sites is 1. The molecule has 3 aromatic rings. The molecule has 0 aliphatic carbocycles. The number of H-pyrrole nitrogens is 1. The number of pyridine rings is 1. The van der Waals surface area contributed by atoms with E-state index in [1.807, 2.05) is 6.07 Å². The predicted octanol–water partition coefficient (Wildman–Crippen LogP) is 2.79. The second-order valence-electron chi connectivity index (χ2n) is 4.44. The summed E-state index contributed by atoms with van der Waals surface area (Å²) in [6.45, 7) is 0. The van der Waals surface area contributed by atoms with Crippen molar-refractivity contribution >= 4 is 24.1 Å². The molecule has 0 atom stereocenters. The van der Waals surface area contributed by atoms with Crippen LogP contribution in [0.3, 0.4) is 0 Å². The summed E-state index contributed by atoms with van der Waals surface area (Å²) in [4.78, 5) is 14.8. The van der Waals surface area contributed by atoms with E-state index in [-0.39, 0.29) is 10.5 Å². The number of nitrogens with zero attached hydrogens (tertiary/aromatic N) is 5. The van der Waals surface area contributed by atoms with E-state index >= 15 is 0 Å². The number of nitro groups is 1. The van der Waals surface area contributed by atoms with Crippen LogP contribution in [0.4, 0.5) is 5.69 Å². The molecule has 0 aliphatic rings. The minimum absolute atomic E-state index is 0.0364. The number of benzene rings is 1. The van der Waals surface area contributed by atoms with Gasteiger partial charge in [-0.1, -0.05) is 18.2 Å². The fourth-order valence-corrected chi connectivity index (χ4v) is 2.12. The molecule has 0 saturated heterocycles. The van der Waals surface area contributed by atoms with E-state index in [0.29, 0.717) is 17.1 Å². The monoisotopic (exact) mass is 326 g/mol. The van der Waals surface area contributed by atoms with Gasteiger partial charge in [-0.2, -0.15) is 14.9 Å². The largest absolute Gasteiger partial charge is 0.278 e. The van der Waals surface area contributed by atoms with Crippen molar-refractivity contribution in [2.24, 2.45) is 5.10 Å². The van der Waals surface area contributed by atoms with Crippen LogP contribution in [0.25, 0.3) is 11.5 Å². The first kappa shape index (κ1) is 14.7. The minimum atomic E-state index is -0.463. The molecule has 2 aromatic heterocycles. The Balaban J connectivity index is 2.04. The number of aromatic nitrogens is 4. The molecular weight excluding hydrogens is 316 g/mol. The molecule has 0 saturated carbocycles. The van der Waals surface area contributed by atoms with Crippen LogP contribution in [0.1, 0.15) is 5.56 Å². The Morgan fingerprint density at radius 1 is 1.26 bits per heavy atom. The summed E-state index contributed by atoms with van der Waals surface area (Å²) < 4.78 is 1.63. The Bertz CT molecular complexity index is 932. The summed E-state index contributed by atoms with van der Waals surface area (Å²) >= 11 is 5.14. The lowest BCUT2D eigenvalue weighted by Crippen LogP contribution is -1.98. The summed E-state index contributed by atoms with van der Waals surface area (Å²) in [7, 11) is 0. The van der Waals surface area contributed by atoms with Crippen LogP contribution in [-0.4, -0.2) is 31.0 Å². The smallest absolute Gasteiger partial charge is 0.258 e. The fraction of sp³-hybridized carbons (Fsp3) is 0. The van der Waals surface area contributed by atoms with Crippen LogP contribution >= 0.6 is 12.2 Å². The van der Waals surface area contributed by atoms with Crippen LogP contribution in [0.15, 0.2) is 53.8 Å². The summed E-state index contributed by atoms with van der Waals surface area (Å²) in [5, 5.41) is 22.0. The van der Waals surface area contributed by atoms with Gasteiger partial charge in [-0.3, -0.25) is 15.1 Å². The molecule has 23 heavy (non-hydrogen) atoms. The van der Waals surface area contributed by atoms with Crippen molar-refractivity contribution in [2.45, 2.75) is 0 Å². The Morgan fingerprint density at radius 2 is 2.04 bits per heavy atom. The molecule has 114 valence electrons. The fourth-order valence-electron chi connectivity index (χ4n) is 1.94. The third-order valence-electron chi connectivity index (χ3n) is 2.99. The molecule has 0 fully saturated rings. The zero-order valence-corrected chi connectivity index (χ0v) is 12.5. The number of rotatable bonds is 4. The van der Waals surface area contributed by atoms with Gasteiger partial charge in [0.2, 0.25) is 10.6 Å². The number of hydrogen-bond acceptors (Lipinski definition) is 6. The zero-order chi connectivity index (χ0) is 16.2. The number of aromatic amines is 1. The lowest BCUT2D eigenvalue weighted by molar-refractivity contribution is -0.385. The Morgan fingerprint density at radius 3 is 2.78 bits per heavy atom. The highest BCUT2D eigenvalue weighted by atomic mass is 32.1. The van der Waals surface area contributed by atoms with Gasteiger partial charge >= 0.3 is 0 Å². The van der Waals surface area contributed by atoms with E-state index in [1.54, 1.807) is 36.5 Å². The molecule has 2 heterocycles. The van der Waals surface area contributed by atoms with E-state index in [1.165, 1.54) is 17.0 Å². The highest BCUT2D eigenvalue weighted by Crippen LogP contribution is 2.17. The number of hydrogen-bond donors (Lipinski definition) is 1. The molecule has 1 N–H and O–H groups in total. The van der Waals surface area contributed by atoms with E-state index < -0.39 is 4.92 Å². The van der Waals surface area contributed by atoms with Gasteiger partial charge < -0.3 is 0 Å². The summed E-state index contributed by atoms with van der Waals surface area (Å²) in [6, 6.07) is 11.7. The first-order chi connectivity index (χ1) is 11.2. The Hall–Kier alpha value is -3.20. The third kappa shape index (κ3) is 3.04. The average molecular weight is 326 g/mol. The summed E-state index contributed by atoms with van der Waals surface area (Å²) in [5.41, 5.74) is 0.915. The van der Waals surface area contributed by atoms with Crippen LogP contribution in [0.5, 0.6) is 0 Å². The molecule has 3 rings (SSSR count). The van der Waals surface area contributed by atoms with Crippen LogP contribution < -0.4 is 0 Å². The molecule has 0 unspecified atom stereocenters. The van der Waals surface area contributed by atoms with Crippen molar-refractivity contribution in [3.63, 3.8) is 0 Å². The maximum Gasteiger partial charge on any atom is 0.278 e. The van der Waals surface area contributed by atoms with Crippen molar-refractivity contribution in [3.8, 4) is 11.5 Å². The van der Waals surface area contributed by atoms with Crippen molar-refractivity contribution in [3.05, 3.63) is 69.1 Å².